The summed E-state index contributed by atoms with van der Waals surface area (Å²) in [6.45, 7) is 3.62. The van der Waals surface area contributed by atoms with Gasteiger partial charge in [-0.15, -0.1) is 22.0 Å². The highest BCUT2D eigenvalue weighted by Gasteiger charge is 2.54. The number of hydrogen-bond acceptors (Lipinski definition) is 9. The number of β-lactam (4-membered cyclic amide) rings is 1. The number of fused-ring (bicyclic) bond motifs is 1. The van der Waals surface area contributed by atoms with E-state index in [1.165, 1.54) is 46.0 Å². The third-order valence-corrected chi connectivity index (χ3v) is 8.29. The van der Waals surface area contributed by atoms with Crippen molar-refractivity contribution in [1.82, 2.24) is 30.2 Å². The molecule has 0 aliphatic carbocycles. The molecule has 2 aromatic heterocycles. The predicted molar refractivity (Wildman–Crippen MR) is 112 cm³/mol. The third-order valence-electron chi connectivity index (χ3n) is 4.89. The van der Waals surface area contributed by atoms with Crippen molar-refractivity contribution in [2.24, 2.45) is 7.05 Å². The number of rotatable bonds is 6. The van der Waals surface area contributed by atoms with Gasteiger partial charge in [-0.05, 0) is 19.4 Å². The van der Waals surface area contributed by atoms with Gasteiger partial charge in [0.2, 0.25) is 0 Å². The van der Waals surface area contributed by atoms with E-state index >= 15 is 0 Å². The maximum absolute atomic E-state index is 12.7. The molecule has 4 rings (SSSR count). The first-order valence-electron chi connectivity index (χ1n) is 8.90. The summed E-state index contributed by atoms with van der Waals surface area (Å²) in [5, 5.41) is 24.9. The van der Waals surface area contributed by atoms with E-state index in [2.05, 4.69) is 20.6 Å². The van der Waals surface area contributed by atoms with Crippen LogP contribution in [0, 0.1) is 13.8 Å². The zero-order valence-corrected chi connectivity index (χ0v) is 18.7. The van der Waals surface area contributed by atoms with Gasteiger partial charge in [-0.25, -0.2) is 4.79 Å². The Morgan fingerprint density at radius 3 is 2.73 bits per heavy atom. The Labute approximate surface area is 184 Å². The van der Waals surface area contributed by atoms with Gasteiger partial charge in [-0.1, -0.05) is 23.1 Å². The lowest BCUT2D eigenvalue weighted by atomic mass is 10.0. The molecule has 2 N–H and O–H groups in total. The standard InChI is InChI=1S/C17H18N6O4S3/c1-7-10(4-18-22(7)3)13(24)19-11-14(25)23-12(16(26)27)9(5-28-15(11)23)6-29-17-21-20-8(2)30-17/h4,11,15H,5-6H2,1-3H3,(H,19,24)(H,26,27)/t11-,15-/m1/s1. The Balaban J connectivity index is 1.49. The van der Waals surface area contributed by atoms with E-state index < -0.39 is 29.2 Å². The van der Waals surface area contributed by atoms with Crippen molar-refractivity contribution in [1.29, 1.82) is 0 Å². The molecule has 0 saturated carbocycles. The quantitative estimate of drug-likeness (QED) is 0.473. The maximum Gasteiger partial charge on any atom is 0.352 e. The van der Waals surface area contributed by atoms with Gasteiger partial charge >= 0.3 is 5.97 Å². The van der Waals surface area contributed by atoms with E-state index in [0.717, 1.165) is 9.35 Å². The van der Waals surface area contributed by atoms with Gasteiger partial charge in [0.15, 0.2) is 4.34 Å². The van der Waals surface area contributed by atoms with Crippen LogP contribution in [0.15, 0.2) is 21.8 Å². The van der Waals surface area contributed by atoms with Crippen LogP contribution in [0.2, 0.25) is 0 Å². The molecule has 2 aliphatic heterocycles. The first-order chi connectivity index (χ1) is 14.3. The van der Waals surface area contributed by atoms with Crippen molar-refractivity contribution in [2.75, 3.05) is 11.5 Å². The first-order valence-corrected chi connectivity index (χ1v) is 11.8. The summed E-state index contributed by atoms with van der Waals surface area (Å²) in [5.74, 6) is -1.10. The second-order valence-electron chi connectivity index (χ2n) is 6.76. The number of carbonyl (C=O) groups is 3. The molecule has 0 spiro atoms. The molecule has 2 atom stereocenters. The average molecular weight is 467 g/mol. The molecule has 2 aliphatic rings. The Hall–Kier alpha value is -2.38. The van der Waals surface area contributed by atoms with Gasteiger partial charge in [-0.3, -0.25) is 19.2 Å². The summed E-state index contributed by atoms with van der Waals surface area (Å²) < 4.78 is 2.33. The van der Waals surface area contributed by atoms with E-state index in [-0.39, 0.29) is 5.70 Å². The number of nitrogens with one attached hydrogen (secondary N) is 1. The Bertz CT molecular complexity index is 1080. The molecular formula is C17H18N6O4S3. The monoisotopic (exact) mass is 466 g/mol. The molecule has 1 saturated heterocycles. The van der Waals surface area contributed by atoms with Gasteiger partial charge in [0.25, 0.3) is 11.8 Å². The van der Waals surface area contributed by atoms with Crippen molar-refractivity contribution in [3.8, 4) is 0 Å². The van der Waals surface area contributed by atoms with Crippen LogP contribution in [-0.4, -0.2) is 70.7 Å². The SMILES string of the molecule is Cc1nnc(SCC2=C(C(=O)O)N3C(=O)[C@@H](NC(=O)c4cnn(C)c4C)[C@H]3SC2)s1. The number of carboxylic acid groups (broad SMARTS) is 1. The number of aryl methyl sites for hydroxylation is 2. The predicted octanol–water partition coefficient (Wildman–Crippen LogP) is 1.03. The number of carboxylic acids is 1. The van der Waals surface area contributed by atoms with Crippen LogP contribution in [0.4, 0.5) is 0 Å². The normalized spacial score (nSPS) is 20.8. The number of aromatic nitrogens is 4. The number of thioether (sulfide) groups is 2. The number of carbonyl (C=O) groups excluding carboxylic acids is 2. The molecule has 4 heterocycles. The lowest BCUT2D eigenvalue weighted by molar-refractivity contribution is -0.148. The largest absolute Gasteiger partial charge is 0.477 e. The average Bonchev–Trinajstić information content (AvgIpc) is 3.28. The van der Waals surface area contributed by atoms with Crippen molar-refractivity contribution in [2.45, 2.75) is 29.6 Å². The van der Waals surface area contributed by atoms with Crippen molar-refractivity contribution >= 4 is 52.6 Å². The fourth-order valence-corrected chi connectivity index (χ4v) is 6.52. The Morgan fingerprint density at radius 1 is 1.37 bits per heavy atom. The minimum Gasteiger partial charge on any atom is -0.477 e. The van der Waals surface area contributed by atoms with E-state index in [9.17, 15) is 19.5 Å². The van der Waals surface area contributed by atoms with Crippen LogP contribution >= 0.6 is 34.9 Å². The van der Waals surface area contributed by atoms with Gasteiger partial charge in [0, 0.05) is 24.2 Å². The molecule has 30 heavy (non-hydrogen) atoms. The summed E-state index contributed by atoms with van der Waals surface area (Å²) in [5.41, 5.74) is 1.73. The lowest BCUT2D eigenvalue weighted by Crippen LogP contribution is -2.70. The molecule has 10 nitrogen and oxygen atoms in total. The van der Waals surface area contributed by atoms with Gasteiger partial charge in [-0.2, -0.15) is 5.10 Å². The van der Waals surface area contributed by atoms with Crippen LogP contribution < -0.4 is 5.32 Å². The van der Waals surface area contributed by atoms with E-state index in [1.54, 1.807) is 18.7 Å². The van der Waals surface area contributed by atoms with Crippen LogP contribution in [0.5, 0.6) is 0 Å². The van der Waals surface area contributed by atoms with Gasteiger partial charge in [0.05, 0.1) is 11.8 Å². The van der Waals surface area contributed by atoms with E-state index in [0.29, 0.717) is 28.3 Å². The summed E-state index contributed by atoms with van der Waals surface area (Å²) in [4.78, 5) is 38.5. The summed E-state index contributed by atoms with van der Waals surface area (Å²) in [7, 11) is 1.73. The second-order valence-corrected chi connectivity index (χ2v) is 10.3. The van der Waals surface area contributed by atoms with E-state index in [1.807, 2.05) is 6.92 Å². The molecule has 2 amide bonds. The molecule has 13 heteroatoms. The fourth-order valence-electron chi connectivity index (χ4n) is 3.22. The molecule has 0 radical (unpaired) electrons. The Morgan fingerprint density at radius 2 is 2.13 bits per heavy atom. The topological polar surface area (TPSA) is 130 Å². The smallest absolute Gasteiger partial charge is 0.352 e. The number of amides is 2. The minimum absolute atomic E-state index is 0.000504. The molecular weight excluding hydrogens is 448 g/mol. The molecule has 0 aromatic carbocycles. The second kappa shape index (κ2) is 8.04. The molecule has 2 aromatic rings. The minimum atomic E-state index is -1.15. The van der Waals surface area contributed by atoms with Crippen molar-refractivity contribution in [3.05, 3.63) is 33.7 Å². The highest BCUT2D eigenvalue weighted by molar-refractivity contribution is 8.01. The zero-order valence-electron chi connectivity index (χ0n) is 16.3. The van der Waals surface area contributed by atoms with Crippen LogP contribution in [0.3, 0.4) is 0 Å². The third kappa shape index (κ3) is 3.61. The fraction of sp³-hybridized carbons (Fsp3) is 0.412. The first kappa shape index (κ1) is 20.9. The number of nitrogens with zero attached hydrogens (tertiary/aromatic N) is 5. The molecule has 158 valence electrons. The number of aliphatic carboxylic acids is 1. The van der Waals surface area contributed by atoms with Crippen molar-refractivity contribution in [3.63, 3.8) is 0 Å². The maximum atomic E-state index is 12.7. The van der Waals surface area contributed by atoms with E-state index in [4.69, 9.17) is 0 Å². The van der Waals surface area contributed by atoms with Crippen LogP contribution in [0.25, 0.3) is 0 Å². The lowest BCUT2D eigenvalue weighted by Gasteiger charge is -2.49. The van der Waals surface area contributed by atoms with Crippen LogP contribution in [0.1, 0.15) is 21.1 Å². The molecule has 0 bridgehead atoms. The Kier molecular flexibility index (Phi) is 5.59. The number of hydrogen-bond donors (Lipinski definition) is 2. The summed E-state index contributed by atoms with van der Waals surface area (Å²) >= 11 is 4.29. The summed E-state index contributed by atoms with van der Waals surface area (Å²) in [6.07, 6.45) is 1.45. The highest BCUT2D eigenvalue weighted by Crippen LogP contribution is 2.41. The molecule has 0 unspecified atom stereocenters. The van der Waals surface area contributed by atoms with Crippen molar-refractivity contribution < 1.29 is 19.5 Å². The van der Waals surface area contributed by atoms with Crippen LogP contribution in [-0.2, 0) is 16.6 Å². The zero-order chi connectivity index (χ0) is 21.6. The highest BCUT2D eigenvalue weighted by atomic mass is 32.2. The molecule has 1 fully saturated rings. The van der Waals surface area contributed by atoms with Gasteiger partial charge in [0.1, 0.15) is 22.1 Å². The van der Waals surface area contributed by atoms with Gasteiger partial charge < -0.3 is 10.4 Å². The summed E-state index contributed by atoms with van der Waals surface area (Å²) in [6, 6.07) is -0.767.